The summed E-state index contributed by atoms with van der Waals surface area (Å²) in [4.78, 5) is 14.7. The lowest BCUT2D eigenvalue weighted by Gasteiger charge is -2.27. The van der Waals surface area contributed by atoms with E-state index < -0.39 is 0 Å². The van der Waals surface area contributed by atoms with Gasteiger partial charge in [-0.25, -0.2) is 0 Å². The van der Waals surface area contributed by atoms with Crippen LogP contribution in [0.5, 0.6) is 0 Å². The molecule has 0 spiro atoms. The summed E-state index contributed by atoms with van der Waals surface area (Å²) in [6.45, 7) is 0.544. The molecule has 4 rings (SSSR count). The smallest absolute Gasteiger partial charge is 0.289 e. The first kappa shape index (κ1) is 17.1. The number of rotatable bonds is 5. The summed E-state index contributed by atoms with van der Waals surface area (Å²) in [7, 11) is 0. The van der Waals surface area contributed by atoms with Gasteiger partial charge in [0, 0.05) is 12.1 Å². The second kappa shape index (κ2) is 7.50. The molecule has 1 heterocycles. The number of hydrogen-bond acceptors (Lipinski definition) is 2. The number of carbonyl (C=O) groups excluding carboxylic acids is 1. The van der Waals surface area contributed by atoms with E-state index in [0.717, 1.165) is 17.5 Å². The molecule has 3 heteroatoms. The molecule has 0 aliphatic carbocycles. The Hall–Kier alpha value is -3.33. The third-order valence-corrected chi connectivity index (χ3v) is 4.99. The first-order chi connectivity index (χ1) is 13.3. The number of hydrogen-bond donors (Lipinski definition) is 1. The number of aliphatic hydroxyl groups excluding tert-OH is 1. The molecule has 1 aliphatic heterocycles. The van der Waals surface area contributed by atoms with E-state index in [0.29, 0.717) is 12.1 Å². The number of aliphatic hydroxyl groups is 1. The normalized spacial score (nSPS) is 16.8. The molecule has 0 fully saturated rings. The number of benzene rings is 3. The van der Waals surface area contributed by atoms with Crippen molar-refractivity contribution in [3.05, 3.63) is 113 Å². The van der Waals surface area contributed by atoms with Crippen LogP contribution in [0.25, 0.3) is 5.57 Å². The molecular formula is C24H21NO2. The Morgan fingerprint density at radius 2 is 1.33 bits per heavy atom. The lowest BCUT2D eigenvalue weighted by Crippen LogP contribution is -2.32. The fourth-order valence-corrected chi connectivity index (χ4v) is 3.67. The van der Waals surface area contributed by atoms with E-state index in [-0.39, 0.29) is 17.7 Å². The number of nitrogens with zero attached hydrogens (tertiary/aromatic N) is 1. The van der Waals surface area contributed by atoms with Crippen molar-refractivity contribution in [1.82, 2.24) is 4.90 Å². The Morgan fingerprint density at radius 1 is 0.778 bits per heavy atom. The van der Waals surface area contributed by atoms with Crippen LogP contribution in [0.15, 0.2) is 96.8 Å². The number of amides is 1. The number of carbonyl (C=O) groups is 1. The third kappa shape index (κ3) is 3.36. The predicted molar refractivity (Wildman–Crippen MR) is 107 cm³/mol. The summed E-state index contributed by atoms with van der Waals surface area (Å²) in [5.74, 6) is -0.457. The van der Waals surface area contributed by atoms with E-state index in [9.17, 15) is 9.90 Å². The predicted octanol–water partition coefficient (Wildman–Crippen LogP) is 4.78. The van der Waals surface area contributed by atoms with Gasteiger partial charge in [0.15, 0.2) is 5.76 Å². The van der Waals surface area contributed by atoms with Crippen LogP contribution in [-0.2, 0) is 11.2 Å². The average molecular weight is 355 g/mol. The van der Waals surface area contributed by atoms with Crippen LogP contribution in [0.4, 0.5) is 0 Å². The Morgan fingerprint density at radius 3 is 1.96 bits per heavy atom. The van der Waals surface area contributed by atoms with Crippen LogP contribution < -0.4 is 0 Å². The van der Waals surface area contributed by atoms with Crippen LogP contribution in [0.2, 0.25) is 0 Å². The van der Waals surface area contributed by atoms with Crippen LogP contribution in [-0.4, -0.2) is 22.5 Å². The van der Waals surface area contributed by atoms with Crippen molar-refractivity contribution in [1.29, 1.82) is 0 Å². The quantitative estimate of drug-likeness (QED) is 0.715. The van der Waals surface area contributed by atoms with Crippen molar-refractivity contribution in [2.75, 3.05) is 6.54 Å². The summed E-state index contributed by atoms with van der Waals surface area (Å²) in [5.41, 5.74) is 3.73. The van der Waals surface area contributed by atoms with Crippen LogP contribution >= 0.6 is 0 Å². The summed E-state index contributed by atoms with van der Waals surface area (Å²) in [6, 6.07) is 29.4. The topological polar surface area (TPSA) is 40.5 Å². The molecule has 0 aromatic heterocycles. The fourth-order valence-electron chi connectivity index (χ4n) is 3.67. The Bertz CT molecular complexity index is 949. The van der Waals surface area contributed by atoms with Gasteiger partial charge < -0.3 is 10.0 Å². The molecule has 0 unspecified atom stereocenters. The highest BCUT2D eigenvalue weighted by Crippen LogP contribution is 2.42. The molecule has 0 bridgehead atoms. The van der Waals surface area contributed by atoms with Gasteiger partial charge in [0.05, 0.1) is 6.04 Å². The second-order valence-electron chi connectivity index (χ2n) is 6.68. The molecule has 3 nitrogen and oxygen atoms in total. The summed E-state index contributed by atoms with van der Waals surface area (Å²) in [6.07, 6.45) is 0.741. The maximum Gasteiger partial charge on any atom is 0.289 e. The molecule has 1 N–H and O–H groups in total. The minimum atomic E-state index is -0.307. The average Bonchev–Trinajstić information content (AvgIpc) is 2.99. The minimum Gasteiger partial charge on any atom is -0.503 e. The third-order valence-electron chi connectivity index (χ3n) is 4.99. The fraction of sp³-hybridized carbons (Fsp3) is 0.125. The van der Waals surface area contributed by atoms with E-state index in [4.69, 9.17) is 0 Å². The van der Waals surface area contributed by atoms with E-state index in [2.05, 4.69) is 12.1 Å². The van der Waals surface area contributed by atoms with Crippen molar-refractivity contribution >= 4 is 11.5 Å². The molecule has 0 saturated heterocycles. The summed E-state index contributed by atoms with van der Waals surface area (Å²) < 4.78 is 0. The zero-order valence-electron chi connectivity index (χ0n) is 15.0. The standard InChI is InChI=1S/C24H21NO2/c26-23-21(19-12-6-2-7-13-19)22(20-14-8-3-9-15-20)25(24(23)27)17-16-18-10-4-1-5-11-18/h1-15,22,26H,16-17H2/t22-/m0/s1. The van der Waals surface area contributed by atoms with E-state index in [1.807, 2.05) is 78.9 Å². The van der Waals surface area contributed by atoms with Gasteiger partial charge in [0.1, 0.15) is 0 Å². The molecule has 3 aromatic carbocycles. The van der Waals surface area contributed by atoms with Gasteiger partial charge in [0.25, 0.3) is 5.91 Å². The van der Waals surface area contributed by atoms with Gasteiger partial charge >= 0.3 is 0 Å². The van der Waals surface area contributed by atoms with E-state index in [1.54, 1.807) is 4.90 Å². The second-order valence-corrected chi connectivity index (χ2v) is 6.68. The molecule has 134 valence electrons. The van der Waals surface area contributed by atoms with Gasteiger partial charge in [-0.05, 0) is 23.1 Å². The van der Waals surface area contributed by atoms with Crippen molar-refractivity contribution in [2.45, 2.75) is 12.5 Å². The Labute approximate surface area is 159 Å². The molecule has 1 atom stereocenters. The van der Waals surface area contributed by atoms with Gasteiger partial charge in [0.2, 0.25) is 0 Å². The molecular weight excluding hydrogens is 334 g/mol. The first-order valence-electron chi connectivity index (χ1n) is 9.14. The maximum absolute atomic E-state index is 12.9. The summed E-state index contributed by atoms with van der Waals surface area (Å²) in [5, 5.41) is 10.7. The largest absolute Gasteiger partial charge is 0.503 e. The highest BCUT2D eigenvalue weighted by Gasteiger charge is 2.40. The highest BCUT2D eigenvalue weighted by atomic mass is 16.3. The lowest BCUT2D eigenvalue weighted by atomic mass is 9.93. The minimum absolute atomic E-state index is 0.150. The van der Waals surface area contributed by atoms with Gasteiger partial charge in [-0.3, -0.25) is 4.79 Å². The van der Waals surface area contributed by atoms with Gasteiger partial charge in [-0.1, -0.05) is 91.0 Å². The van der Waals surface area contributed by atoms with Crippen molar-refractivity contribution in [3.8, 4) is 0 Å². The first-order valence-corrected chi connectivity index (χ1v) is 9.14. The van der Waals surface area contributed by atoms with Crippen molar-refractivity contribution < 1.29 is 9.90 Å². The monoisotopic (exact) mass is 355 g/mol. The Kier molecular flexibility index (Phi) is 4.75. The molecule has 3 aromatic rings. The molecule has 27 heavy (non-hydrogen) atoms. The highest BCUT2D eigenvalue weighted by molar-refractivity contribution is 6.05. The lowest BCUT2D eigenvalue weighted by molar-refractivity contribution is -0.129. The zero-order chi connectivity index (χ0) is 18.6. The van der Waals surface area contributed by atoms with Crippen LogP contribution in [0, 0.1) is 0 Å². The maximum atomic E-state index is 12.9. The van der Waals surface area contributed by atoms with E-state index in [1.165, 1.54) is 5.56 Å². The van der Waals surface area contributed by atoms with Crippen molar-refractivity contribution in [3.63, 3.8) is 0 Å². The molecule has 1 aliphatic rings. The van der Waals surface area contributed by atoms with Crippen LogP contribution in [0.3, 0.4) is 0 Å². The Balaban J connectivity index is 1.72. The molecule has 0 radical (unpaired) electrons. The van der Waals surface area contributed by atoms with Crippen LogP contribution in [0.1, 0.15) is 22.7 Å². The summed E-state index contributed by atoms with van der Waals surface area (Å²) >= 11 is 0. The van der Waals surface area contributed by atoms with E-state index >= 15 is 0 Å². The zero-order valence-corrected chi connectivity index (χ0v) is 15.0. The van der Waals surface area contributed by atoms with Gasteiger partial charge in [-0.15, -0.1) is 0 Å². The molecule has 0 saturated carbocycles. The van der Waals surface area contributed by atoms with Crippen molar-refractivity contribution in [2.24, 2.45) is 0 Å². The SMILES string of the molecule is O=C1C(O)=C(c2ccccc2)[C@H](c2ccccc2)N1CCc1ccccc1. The van der Waals surface area contributed by atoms with Gasteiger partial charge in [-0.2, -0.15) is 0 Å². The molecule has 1 amide bonds.